The first-order valence-corrected chi connectivity index (χ1v) is 12.9. The number of nitrogens with zero attached hydrogens (tertiary/aromatic N) is 2. The van der Waals surface area contributed by atoms with Gasteiger partial charge in [-0.05, 0) is 74.7 Å². The van der Waals surface area contributed by atoms with Crippen LogP contribution in [0, 0.1) is 0 Å². The topological polar surface area (TPSA) is 110 Å². The molecule has 0 aliphatic carbocycles. The van der Waals surface area contributed by atoms with Crippen molar-refractivity contribution >= 4 is 12.0 Å². The summed E-state index contributed by atoms with van der Waals surface area (Å²) in [6.45, 7) is 5.69. The van der Waals surface area contributed by atoms with E-state index < -0.39 is 23.8 Å². The van der Waals surface area contributed by atoms with Crippen LogP contribution in [-0.2, 0) is 22.4 Å². The Hall–Kier alpha value is -3.95. The Labute approximate surface area is 228 Å². The van der Waals surface area contributed by atoms with Gasteiger partial charge in [-0.3, -0.25) is 14.7 Å². The number of carbonyl (C=O) groups is 2. The van der Waals surface area contributed by atoms with Crippen LogP contribution >= 0.6 is 0 Å². The van der Waals surface area contributed by atoms with Crippen molar-refractivity contribution in [3.8, 4) is 17.0 Å². The quantitative estimate of drug-likeness (QED) is 0.418. The number of methoxy groups -OCH3 is 1. The van der Waals surface area contributed by atoms with Gasteiger partial charge in [0.25, 0.3) is 5.91 Å². The summed E-state index contributed by atoms with van der Waals surface area (Å²) in [5.41, 5.74) is 3.20. The molecule has 2 atom stereocenters. The SMILES string of the molecule is COCOc1ccc2c(c1)CN(C(=O)OC(C)(C)C)[C@H]([C@H](O)CNC(=O)c1cccc(-c3ccccn3)c1)C2. The number of hydrogen-bond donors (Lipinski definition) is 2. The van der Waals surface area contributed by atoms with Gasteiger partial charge in [0.1, 0.15) is 11.4 Å². The lowest BCUT2D eigenvalue weighted by Crippen LogP contribution is -2.54. The lowest BCUT2D eigenvalue weighted by atomic mass is 9.91. The lowest BCUT2D eigenvalue weighted by molar-refractivity contribution is -0.0114. The van der Waals surface area contributed by atoms with Gasteiger partial charge in [-0.15, -0.1) is 0 Å². The third-order valence-corrected chi connectivity index (χ3v) is 6.32. The van der Waals surface area contributed by atoms with Gasteiger partial charge in [-0.1, -0.05) is 24.3 Å². The lowest BCUT2D eigenvalue weighted by Gasteiger charge is -2.40. The minimum atomic E-state index is -1.03. The maximum atomic E-state index is 13.2. The molecule has 2 aromatic carbocycles. The zero-order chi connectivity index (χ0) is 28.0. The molecule has 1 aromatic heterocycles. The molecule has 2 N–H and O–H groups in total. The number of carbonyl (C=O) groups excluding carboxylic acids is 2. The van der Waals surface area contributed by atoms with E-state index in [-0.39, 0.29) is 25.8 Å². The zero-order valence-electron chi connectivity index (χ0n) is 22.7. The highest BCUT2D eigenvalue weighted by Crippen LogP contribution is 2.30. The number of ether oxygens (including phenoxy) is 3. The molecule has 206 valence electrons. The van der Waals surface area contributed by atoms with Crippen molar-refractivity contribution in [3.63, 3.8) is 0 Å². The first-order valence-electron chi connectivity index (χ1n) is 12.9. The summed E-state index contributed by atoms with van der Waals surface area (Å²) in [5, 5.41) is 14.0. The number of hydrogen-bond acceptors (Lipinski definition) is 7. The van der Waals surface area contributed by atoms with Crippen molar-refractivity contribution in [3.05, 3.63) is 83.6 Å². The Balaban J connectivity index is 1.49. The molecule has 0 radical (unpaired) electrons. The summed E-state index contributed by atoms with van der Waals surface area (Å²) in [6.07, 6.45) is 0.531. The number of rotatable bonds is 8. The van der Waals surface area contributed by atoms with E-state index in [1.807, 2.05) is 42.5 Å². The Morgan fingerprint density at radius 3 is 2.64 bits per heavy atom. The molecule has 0 saturated carbocycles. The van der Waals surface area contributed by atoms with Gasteiger partial charge in [0.15, 0.2) is 6.79 Å². The van der Waals surface area contributed by atoms with Crippen molar-refractivity contribution < 1.29 is 28.9 Å². The molecule has 2 amide bonds. The molecule has 0 unspecified atom stereocenters. The monoisotopic (exact) mass is 533 g/mol. The van der Waals surface area contributed by atoms with Crippen molar-refractivity contribution in [1.29, 1.82) is 0 Å². The van der Waals surface area contributed by atoms with Gasteiger partial charge in [0.05, 0.1) is 17.8 Å². The van der Waals surface area contributed by atoms with Crippen LogP contribution in [-0.4, -0.2) is 65.2 Å². The molecule has 2 heterocycles. The fourth-order valence-electron chi connectivity index (χ4n) is 4.45. The van der Waals surface area contributed by atoms with E-state index in [0.717, 1.165) is 22.4 Å². The van der Waals surface area contributed by atoms with Crippen molar-refractivity contribution in [2.24, 2.45) is 0 Å². The highest BCUT2D eigenvalue weighted by molar-refractivity contribution is 5.95. The Morgan fingerprint density at radius 2 is 1.92 bits per heavy atom. The minimum Gasteiger partial charge on any atom is -0.468 e. The van der Waals surface area contributed by atoms with E-state index in [2.05, 4.69) is 10.3 Å². The first kappa shape index (κ1) is 28.1. The van der Waals surface area contributed by atoms with E-state index in [4.69, 9.17) is 14.2 Å². The van der Waals surface area contributed by atoms with Gasteiger partial charge in [0.2, 0.25) is 0 Å². The molecule has 4 rings (SSSR count). The Bertz CT molecular complexity index is 1290. The van der Waals surface area contributed by atoms with Crippen LogP contribution in [0.3, 0.4) is 0 Å². The molecular weight excluding hydrogens is 498 g/mol. The van der Waals surface area contributed by atoms with Crippen molar-refractivity contribution in [1.82, 2.24) is 15.2 Å². The van der Waals surface area contributed by atoms with Gasteiger partial charge in [-0.25, -0.2) is 4.79 Å². The van der Waals surface area contributed by atoms with E-state index in [1.54, 1.807) is 52.3 Å². The smallest absolute Gasteiger partial charge is 0.410 e. The standard InChI is InChI=1S/C30H35N3O6/c1-30(2,3)39-29(36)33-18-23-15-24(38-19-37-4)12-11-20(23)16-26(33)27(34)17-32-28(35)22-9-7-8-21(14-22)25-10-5-6-13-31-25/h5-15,26-27,34H,16-19H2,1-4H3,(H,32,35)/t26-,27+/m0/s1. The average molecular weight is 534 g/mol. The van der Waals surface area contributed by atoms with Crippen LogP contribution in [0.15, 0.2) is 66.9 Å². The van der Waals surface area contributed by atoms with Crippen LogP contribution in [0.2, 0.25) is 0 Å². The zero-order valence-corrected chi connectivity index (χ0v) is 22.7. The molecule has 0 spiro atoms. The Kier molecular flexibility index (Phi) is 8.83. The number of aliphatic hydroxyl groups is 1. The summed E-state index contributed by atoms with van der Waals surface area (Å²) in [4.78, 5) is 32.0. The number of pyridine rings is 1. The summed E-state index contributed by atoms with van der Waals surface area (Å²) in [6, 6.07) is 17.8. The van der Waals surface area contributed by atoms with E-state index in [9.17, 15) is 14.7 Å². The number of nitrogens with one attached hydrogen (secondary N) is 1. The predicted molar refractivity (Wildman–Crippen MR) is 146 cm³/mol. The second-order valence-electron chi connectivity index (χ2n) is 10.4. The largest absolute Gasteiger partial charge is 0.468 e. The fourth-order valence-corrected chi connectivity index (χ4v) is 4.45. The molecule has 0 saturated heterocycles. The Morgan fingerprint density at radius 1 is 1.10 bits per heavy atom. The molecule has 0 fully saturated rings. The van der Waals surface area contributed by atoms with E-state index in [0.29, 0.717) is 17.7 Å². The van der Waals surface area contributed by atoms with Gasteiger partial charge < -0.3 is 24.6 Å². The third-order valence-electron chi connectivity index (χ3n) is 6.32. The van der Waals surface area contributed by atoms with Crippen molar-refractivity contribution in [2.75, 3.05) is 20.4 Å². The molecular formula is C30H35N3O6. The van der Waals surface area contributed by atoms with Gasteiger partial charge >= 0.3 is 6.09 Å². The molecule has 9 nitrogen and oxygen atoms in total. The molecule has 1 aliphatic heterocycles. The van der Waals surface area contributed by atoms with Crippen LogP contribution in [0.25, 0.3) is 11.3 Å². The van der Waals surface area contributed by atoms with E-state index >= 15 is 0 Å². The number of amides is 2. The maximum absolute atomic E-state index is 13.2. The van der Waals surface area contributed by atoms with Crippen LogP contribution in [0.4, 0.5) is 4.79 Å². The van der Waals surface area contributed by atoms with Crippen LogP contribution < -0.4 is 10.1 Å². The summed E-state index contributed by atoms with van der Waals surface area (Å²) in [7, 11) is 1.55. The van der Waals surface area contributed by atoms with Crippen LogP contribution in [0.1, 0.15) is 42.3 Å². The number of aromatic nitrogens is 1. The average Bonchev–Trinajstić information content (AvgIpc) is 2.93. The minimum absolute atomic E-state index is 0.0407. The molecule has 39 heavy (non-hydrogen) atoms. The van der Waals surface area contributed by atoms with Crippen molar-refractivity contribution in [2.45, 2.75) is 51.5 Å². The second kappa shape index (κ2) is 12.3. The molecule has 1 aliphatic rings. The fraction of sp³-hybridized carbons (Fsp3) is 0.367. The van der Waals surface area contributed by atoms with Crippen LogP contribution in [0.5, 0.6) is 5.75 Å². The summed E-state index contributed by atoms with van der Waals surface area (Å²) < 4.78 is 16.2. The predicted octanol–water partition coefficient (Wildman–Crippen LogP) is 4.18. The highest BCUT2D eigenvalue weighted by Gasteiger charge is 2.37. The molecule has 3 aromatic rings. The normalized spacial score (nSPS) is 15.7. The molecule has 9 heteroatoms. The molecule has 0 bridgehead atoms. The first-order chi connectivity index (χ1) is 18.6. The summed E-state index contributed by atoms with van der Waals surface area (Å²) >= 11 is 0. The number of benzene rings is 2. The number of fused-ring (bicyclic) bond motifs is 1. The highest BCUT2D eigenvalue weighted by atomic mass is 16.7. The van der Waals surface area contributed by atoms with Gasteiger partial charge in [-0.2, -0.15) is 0 Å². The second-order valence-corrected chi connectivity index (χ2v) is 10.4. The van der Waals surface area contributed by atoms with Gasteiger partial charge in [0, 0.05) is 37.5 Å². The summed E-state index contributed by atoms with van der Waals surface area (Å²) in [5.74, 6) is 0.297. The maximum Gasteiger partial charge on any atom is 0.410 e. The number of aliphatic hydroxyl groups excluding tert-OH is 1. The third kappa shape index (κ3) is 7.34. The van der Waals surface area contributed by atoms with E-state index in [1.165, 1.54) is 4.90 Å².